The molecule has 0 bridgehead atoms. The minimum Gasteiger partial charge on any atom is -0.443 e. The van der Waals surface area contributed by atoms with Gasteiger partial charge in [0.2, 0.25) is 11.8 Å². The summed E-state index contributed by atoms with van der Waals surface area (Å²) in [6.07, 6.45) is 5.36. The van der Waals surface area contributed by atoms with Crippen molar-refractivity contribution in [1.82, 2.24) is 25.2 Å². The summed E-state index contributed by atoms with van der Waals surface area (Å²) in [6, 6.07) is 1.84. The quantitative estimate of drug-likeness (QED) is 0.394. The number of hydrogen-bond donors (Lipinski definition) is 1. The lowest BCUT2D eigenvalue weighted by atomic mass is 9.94. The lowest BCUT2D eigenvalue weighted by Crippen LogP contribution is -2.53. The van der Waals surface area contributed by atoms with Crippen molar-refractivity contribution < 1.29 is 4.42 Å². The number of anilines is 1. The molecule has 2 aromatic heterocycles. The lowest BCUT2D eigenvalue weighted by molar-refractivity contribution is 0.365. The smallest absolute Gasteiger partial charge is 0.225 e. The van der Waals surface area contributed by atoms with Gasteiger partial charge in [-0.15, -0.1) is 24.0 Å². The predicted octanol–water partition coefficient (Wildman–Crippen LogP) is 2.67. The van der Waals surface area contributed by atoms with Crippen LogP contribution in [0.2, 0.25) is 0 Å². The molecule has 28 heavy (non-hydrogen) atoms. The van der Waals surface area contributed by atoms with E-state index in [2.05, 4.69) is 57.8 Å². The maximum atomic E-state index is 5.85. The monoisotopic (exact) mass is 499 g/mol. The van der Waals surface area contributed by atoms with Crippen molar-refractivity contribution in [2.45, 2.75) is 39.7 Å². The number of halogens is 1. The molecule has 0 atom stereocenters. The fourth-order valence-electron chi connectivity index (χ4n) is 2.87. The highest BCUT2D eigenvalue weighted by molar-refractivity contribution is 14.0. The van der Waals surface area contributed by atoms with Crippen LogP contribution in [0, 0.1) is 0 Å². The summed E-state index contributed by atoms with van der Waals surface area (Å²) in [6.45, 7) is 13.1. The Morgan fingerprint density at radius 2 is 1.82 bits per heavy atom. The van der Waals surface area contributed by atoms with Crippen LogP contribution in [0.1, 0.15) is 39.3 Å². The summed E-state index contributed by atoms with van der Waals surface area (Å²) in [5, 5.41) is 3.37. The first-order valence-electron chi connectivity index (χ1n) is 9.48. The molecule has 3 rings (SSSR count). The van der Waals surface area contributed by atoms with Gasteiger partial charge in [-0.25, -0.2) is 19.9 Å². The summed E-state index contributed by atoms with van der Waals surface area (Å²) < 4.78 is 5.85. The van der Waals surface area contributed by atoms with E-state index in [1.54, 1.807) is 18.6 Å². The molecule has 1 N–H and O–H groups in total. The average Bonchev–Trinajstić information content (AvgIpc) is 3.16. The fraction of sp³-hybridized carbons (Fsp3) is 0.579. The van der Waals surface area contributed by atoms with Gasteiger partial charge in [0.15, 0.2) is 5.96 Å². The second-order valence-electron chi connectivity index (χ2n) is 7.56. The Morgan fingerprint density at radius 3 is 2.39 bits per heavy atom. The number of nitrogens with zero attached hydrogens (tertiary/aromatic N) is 6. The second-order valence-corrected chi connectivity index (χ2v) is 7.56. The third kappa shape index (κ3) is 5.79. The van der Waals surface area contributed by atoms with Gasteiger partial charge in [0, 0.05) is 50.5 Å². The summed E-state index contributed by atoms with van der Waals surface area (Å²) in [7, 11) is 0. The molecule has 0 aromatic carbocycles. The molecular formula is C19H30IN7O. The Hall–Kier alpha value is -1.91. The molecule has 1 aliphatic rings. The first-order chi connectivity index (χ1) is 13.0. The van der Waals surface area contributed by atoms with E-state index in [4.69, 9.17) is 9.41 Å². The Kier molecular flexibility index (Phi) is 8.02. The number of piperazine rings is 1. The minimum absolute atomic E-state index is 0. The van der Waals surface area contributed by atoms with Gasteiger partial charge in [0.05, 0.1) is 6.20 Å². The number of nitrogens with one attached hydrogen (secondary N) is 1. The number of aliphatic imine (C=N–C) groups is 1. The molecule has 2 aromatic rings. The fourth-order valence-corrected chi connectivity index (χ4v) is 2.87. The van der Waals surface area contributed by atoms with Crippen LogP contribution >= 0.6 is 24.0 Å². The normalized spacial score (nSPS) is 15.4. The molecule has 0 amide bonds. The van der Waals surface area contributed by atoms with Crippen molar-refractivity contribution in [3.05, 3.63) is 36.3 Å². The highest BCUT2D eigenvalue weighted by Gasteiger charge is 2.22. The van der Waals surface area contributed by atoms with Crippen LogP contribution < -0.4 is 10.2 Å². The van der Waals surface area contributed by atoms with E-state index in [0.29, 0.717) is 12.4 Å². The van der Waals surface area contributed by atoms with Crippen molar-refractivity contribution >= 4 is 35.9 Å². The van der Waals surface area contributed by atoms with Gasteiger partial charge < -0.3 is 19.5 Å². The SMILES string of the molecule is CCNC(=NCc1ncc(C(C)(C)C)o1)N1CCN(c2ncccn2)CC1.I. The van der Waals surface area contributed by atoms with Gasteiger partial charge in [-0.1, -0.05) is 20.8 Å². The molecule has 1 aliphatic heterocycles. The molecule has 0 aliphatic carbocycles. The molecule has 0 radical (unpaired) electrons. The molecule has 3 heterocycles. The van der Waals surface area contributed by atoms with Crippen LogP contribution in [0.3, 0.4) is 0 Å². The van der Waals surface area contributed by atoms with E-state index in [9.17, 15) is 0 Å². The van der Waals surface area contributed by atoms with Gasteiger partial charge in [-0.3, -0.25) is 0 Å². The maximum Gasteiger partial charge on any atom is 0.225 e. The average molecular weight is 499 g/mol. The van der Waals surface area contributed by atoms with Gasteiger partial charge in [0.1, 0.15) is 12.3 Å². The topological polar surface area (TPSA) is 82.7 Å². The predicted molar refractivity (Wildman–Crippen MR) is 121 cm³/mol. The van der Waals surface area contributed by atoms with Crippen LogP contribution in [0.15, 0.2) is 34.1 Å². The first kappa shape index (κ1) is 22.4. The molecule has 0 unspecified atom stereocenters. The van der Waals surface area contributed by atoms with Crippen LogP contribution in [0.4, 0.5) is 5.95 Å². The molecule has 0 spiro atoms. The Morgan fingerprint density at radius 1 is 1.14 bits per heavy atom. The first-order valence-corrected chi connectivity index (χ1v) is 9.48. The van der Waals surface area contributed by atoms with Crippen molar-refractivity contribution in [2.24, 2.45) is 4.99 Å². The van der Waals surface area contributed by atoms with Crippen LogP contribution in [-0.2, 0) is 12.0 Å². The molecule has 0 saturated carbocycles. The number of guanidine groups is 1. The molecule has 9 heteroatoms. The number of hydrogen-bond acceptors (Lipinski definition) is 6. The van der Waals surface area contributed by atoms with E-state index < -0.39 is 0 Å². The van der Waals surface area contributed by atoms with Gasteiger partial charge in [-0.05, 0) is 13.0 Å². The zero-order valence-corrected chi connectivity index (χ0v) is 19.4. The summed E-state index contributed by atoms with van der Waals surface area (Å²) in [5.41, 5.74) is -0.0463. The van der Waals surface area contributed by atoms with Gasteiger partial charge in [-0.2, -0.15) is 0 Å². The molecule has 8 nitrogen and oxygen atoms in total. The van der Waals surface area contributed by atoms with Crippen LogP contribution in [-0.4, -0.2) is 58.5 Å². The number of rotatable bonds is 4. The van der Waals surface area contributed by atoms with Gasteiger partial charge >= 0.3 is 0 Å². The van der Waals surface area contributed by atoms with Crippen LogP contribution in [0.25, 0.3) is 0 Å². The summed E-state index contributed by atoms with van der Waals surface area (Å²) >= 11 is 0. The van der Waals surface area contributed by atoms with Crippen molar-refractivity contribution in [1.29, 1.82) is 0 Å². The third-order valence-electron chi connectivity index (χ3n) is 4.41. The highest BCUT2D eigenvalue weighted by atomic mass is 127. The van der Waals surface area contributed by atoms with Crippen molar-refractivity contribution in [3.8, 4) is 0 Å². The Labute approximate surface area is 183 Å². The van der Waals surface area contributed by atoms with E-state index >= 15 is 0 Å². The minimum atomic E-state index is -0.0463. The molecule has 1 fully saturated rings. The standard InChI is InChI=1S/C19H29N7O.HI/c1-5-20-17(24-14-16-23-13-15(27-16)19(2,3)4)25-9-11-26(12-10-25)18-21-7-6-8-22-18;/h6-8,13H,5,9-12,14H2,1-4H3,(H,20,24);1H. The summed E-state index contributed by atoms with van der Waals surface area (Å²) in [4.78, 5) is 22.2. The van der Waals surface area contributed by atoms with Gasteiger partial charge in [0.25, 0.3) is 0 Å². The Bertz CT molecular complexity index is 749. The summed E-state index contributed by atoms with van der Waals surface area (Å²) in [5.74, 6) is 3.20. The number of oxazole rings is 1. The largest absolute Gasteiger partial charge is 0.443 e. The molecule has 154 valence electrons. The van der Waals surface area contributed by atoms with Crippen molar-refractivity contribution in [3.63, 3.8) is 0 Å². The molecular weight excluding hydrogens is 469 g/mol. The highest BCUT2D eigenvalue weighted by Crippen LogP contribution is 2.22. The zero-order chi connectivity index (χ0) is 19.3. The van der Waals surface area contributed by atoms with Crippen LogP contribution in [0.5, 0.6) is 0 Å². The van der Waals surface area contributed by atoms with E-state index in [1.165, 1.54) is 0 Å². The molecule has 1 saturated heterocycles. The van der Waals surface area contributed by atoms with E-state index in [0.717, 1.165) is 50.4 Å². The van der Waals surface area contributed by atoms with Crippen molar-refractivity contribution in [2.75, 3.05) is 37.6 Å². The Balaban J connectivity index is 0.00000280. The second kappa shape index (κ2) is 10.0. The lowest BCUT2D eigenvalue weighted by Gasteiger charge is -2.36. The van der Waals surface area contributed by atoms with E-state index in [1.807, 2.05) is 6.07 Å². The third-order valence-corrected chi connectivity index (χ3v) is 4.41. The van der Waals surface area contributed by atoms with E-state index in [-0.39, 0.29) is 29.4 Å². The number of aromatic nitrogens is 3. The zero-order valence-electron chi connectivity index (χ0n) is 17.1. The maximum absolute atomic E-state index is 5.85.